The molecule has 1 saturated heterocycles. The highest BCUT2D eigenvalue weighted by Crippen LogP contribution is 2.34. The van der Waals surface area contributed by atoms with Gasteiger partial charge in [-0.25, -0.2) is 0 Å². The highest BCUT2D eigenvalue weighted by molar-refractivity contribution is 9.10. The monoisotopic (exact) mass is 449 g/mol. The average molecular weight is 450 g/mol. The molecule has 28 heavy (non-hydrogen) atoms. The number of amides is 2. The van der Waals surface area contributed by atoms with E-state index in [2.05, 4.69) is 26.1 Å². The maximum Gasteiger partial charge on any atom is 0.291 e. The lowest BCUT2D eigenvalue weighted by atomic mass is 10.2. The molecule has 2 aliphatic heterocycles. The highest BCUT2D eigenvalue weighted by Gasteiger charge is 2.27. The Hall–Kier alpha value is -2.36. The molecule has 0 aliphatic carbocycles. The summed E-state index contributed by atoms with van der Waals surface area (Å²) in [6.45, 7) is 4.48. The fourth-order valence-electron chi connectivity index (χ4n) is 3.22. The van der Waals surface area contributed by atoms with Crippen LogP contribution in [0.25, 0.3) is 0 Å². The number of carbonyl (C=O) groups is 2. The fraction of sp³-hybridized carbons (Fsp3) is 0.368. The molecule has 1 N–H and O–H groups in total. The molecule has 0 unspecified atom stereocenters. The molecule has 2 aromatic rings. The molecular formula is C19H20BrN3O5. The maximum absolute atomic E-state index is 12.4. The Morgan fingerprint density at radius 1 is 1.14 bits per heavy atom. The molecule has 3 heterocycles. The van der Waals surface area contributed by atoms with E-state index in [1.54, 1.807) is 35.2 Å². The van der Waals surface area contributed by atoms with Gasteiger partial charge in [0, 0.05) is 31.9 Å². The van der Waals surface area contributed by atoms with Crippen molar-refractivity contribution in [2.24, 2.45) is 0 Å². The van der Waals surface area contributed by atoms with Crippen LogP contribution in [0.5, 0.6) is 5.75 Å². The van der Waals surface area contributed by atoms with E-state index >= 15 is 0 Å². The van der Waals surface area contributed by atoms with Crippen molar-refractivity contribution < 1.29 is 23.5 Å². The van der Waals surface area contributed by atoms with Crippen LogP contribution in [0.3, 0.4) is 0 Å². The third-order valence-electron chi connectivity index (χ3n) is 4.70. The van der Waals surface area contributed by atoms with Crippen molar-refractivity contribution in [1.82, 2.24) is 4.90 Å². The predicted molar refractivity (Wildman–Crippen MR) is 106 cm³/mol. The zero-order valence-corrected chi connectivity index (χ0v) is 16.7. The van der Waals surface area contributed by atoms with Gasteiger partial charge in [-0.15, -0.1) is 0 Å². The van der Waals surface area contributed by atoms with Gasteiger partial charge in [-0.2, -0.15) is 0 Å². The lowest BCUT2D eigenvalue weighted by molar-refractivity contribution is -0.121. The molecule has 9 heteroatoms. The van der Waals surface area contributed by atoms with Crippen molar-refractivity contribution in [3.63, 3.8) is 0 Å². The predicted octanol–water partition coefficient (Wildman–Crippen LogP) is 2.35. The second-order valence-corrected chi connectivity index (χ2v) is 7.31. The van der Waals surface area contributed by atoms with Crippen molar-refractivity contribution in [2.75, 3.05) is 56.2 Å². The van der Waals surface area contributed by atoms with E-state index in [0.29, 0.717) is 41.6 Å². The molecule has 1 aromatic heterocycles. The summed E-state index contributed by atoms with van der Waals surface area (Å²) in [5.41, 5.74) is 1.22. The van der Waals surface area contributed by atoms with E-state index < -0.39 is 0 Å². The summed E-state index contributed by atoms with van der Waals surface area (Å²) in [5, 5.41) is 2.79. The quantitative estimate of drug-likeness (QED) is 0.753. The number of carbonyl (C=O) groups excluding carboxylic acids is 2. The molecule has 0 radical (unpaired) electrons. The molecule has 1 aromatic carbocycles. The fourth-order valence-corrected chi connectivity index (χ4v) is 3.53. The molecule has 4 rings (SSSR count). The summed E-state index contributed by atoms with van der Waals surface area (Å²) < 4.78 is 16.7. The van der Waals surface area contributed by atoms with Crippen LogP contribution in [0, 0.1) is 0 Å². The van der Waals surface area contributed by atoms with Gasteiger partial charge in [0.2, 0.25) is 0 Å². The molecule has 2 amide bonds. The molecule has 0 spiro atoms. The number of benzene rings is 1. The molecule has 0 saturated carbocycles. The lowest BCUT2D eigenvalue weighted by Gasteiger charge is -2.33. The Morgan fingerprint density at radius 2 is 1.96 bits per heavy atom. The van der Waals surface area contributed by atoms with E-state index in [-0.39, 0.29) is 24.2 Å². The molecule has 0 atom stereocenters. The van der Waals surface area contributed by atoms with Crippen molar-refractivity contribution >= 4 is 39.1 Å². The third kappa shape index (κ3) is 4.21. The summed E-state index contributed by atoms with van der Waals surface area (Å²) in [7, 11) is 0. The van der Waals surface area contributed by atoms with Gasteiger partial charge in [-0.1, -0.05) is 0 Å². The van der Waals surface area contributed by atoms with Crippen LogP contribution in [-0.2, 0) is 9.53 Å². The first-order valence-electron chi connectivity index (χ1n) is 9.04. The van der Waals surface area contributed by atoms with Gasteiger partial charge in [0.1, 0.15) is 5.75 Å². The van der Waals surface area contributed by atoms with Gasteiger partial charge >= 0.3 is 0 Å². The number of hydrogen-bond donors (Lipinski definition) is 1. The first-order valence-corrected chi connectivity index (χ1v) is 9.83. The molecule has 2 aliphatic rings. The highest BCUT2D eigenvalue weighted by atomic mass is 79.9. The summed E-state index contributed by atoms with van der Waals surface area (Å²) in [5.74, 6) is 0.356. The number of halogens is 1. The zero-order chi connectivity index (χ0) is 19.5. The summed E-state index contributed by atoms with van der Waals surface area (Å²) >= 11 is 3.18. The molecule has 0 bridgehead atoms. The Bertz CT molecular complexity index is 878. The van der Waals surface area contributed by atoms with Crippen LogP contribution in [0.2, 0.25) is 0 Å². The second kappa shape index (κ2) is 8.34. The lowest BCUT2D eigenvalue weighted by Crippen LogP contribution is -2.45. The van der Waals surface area contributed by atoms with Gasteiger partial charge in [0.15, 0.2) is 17.0 Å². The maximum atomic E-state index is 12.4. The minimum Gasteiger partial charge on any atom is -0.482 e. The Morgan fingerprint density at radius 3 is 2.71 bits per heavy atom. The summed E-state index contributed by atoms with van der Waals surface area (Å²) in [4.78, 5) is 28.7. The van der Waals surface area contributed by atoms with E-state index in [0.717, 1.165) is 19.6 Å². The number of nitrogens with zero attached hydrogens (tertiary/aromatic N) is 2. The largest absolute Gasteiger partial charge is 0.482 e. The van der Waals surface area contributed by atoms with E-state index in [4.69, 9.17) is 13.9 Å². The Labute approximate surface area is 170 Å². The molecule has 8 nitrogen and oxygen atoms in total. The zero-order valence-electron chi connectivity index (χ0n) is 15.2. The minimum atomic E-state index is -0.367. The standard InChI is InChI=1S/C19H20BrN3O5/c20-17-4-3-16(28-17)19(25)21-13-1-2-15-14(11-13)23(18(24)12-27-15)6-5-22-7-9-26-10-8-22/h1-4,11H,5-10,12H2,(H,21,25). The van der Waals surface area contributed by atoms with Gasteiger partial charge < -0.3 is 24.1 Å². The second-order valence-electron chi connectivity index (χ2n) is 6.53. The van der Waals surface area contributed by atoms with Crippen LogP contribution < -0.4 is 15.0 Å². The van der Waals surface area contributed by atoms with Crippen LogP contribution in [-0.4, -0.2) is 62.7 Å². The number of nitrogens with one attached hydrogen (secondary N) is 1. The number of fused-ring (bicyclic) bond motifs is 1. The van der Waals surface area contributed by atoms with Crippen molar-refractivity contribution in [3.05, 3.63) is 40.8 Å². The normalized spacial score (nSPS) is 17.2. The minimum absolute atomic E-state index is 0.0161. The van der Waals surface area contributed by atoms with E-state index in [9.17, 15) is 9.59 Å². The van der Waals surface area contributed by atoms with Crippen molar-refractivity contribution in [1.29, 1.82) is 0 Å². The van der Waals surface area contributed by atoms with Crippen LogP contribution in [0.1, 0.15) is 10.6 Å². The third-order valence-corrected chi connectivity index (χ3v) is 5.13. The first kappa shape index (κ1) is 19.0. The SMILES string of the molecule is O=C(Nc1ccc2c(c1)N(CCN1CCOCC1)C(=O)CO2)c1ccc(Br)o1. The molecule has 1 fully saturated rings. The Kier molecular flexibility index (Phi) is 5.65. The number of morpholine rings is 1. The topological polar surface area (TPSA) is 84.2 Å². The smallest absolute Gasteiger partial charge is 0.291 e. The van der Waals surface area contributed by atoms with E-state index in [1.165, 1.54) is 0 Å². The van der Waals surface area contributed by atoms with Gasteiger partial charge in [0.05, 0.1) is 18.9 Å². The number of furan rings is 1. The van der Waals surface area contributed by atoms with E-state index in [1.807, 2.05) is 0 Å². The molecule has 148 valence electrons. The first-order chi connectivity index (χ1) is 13.6. The Balaban J connectivity index is 1.49. The average Bonchev–Trinajstić information content (AvgIpc) is 3.14. The van der Waals surface area contributed by atoms with Gasteiger partial charge in [-0.05, 0) is 46.3 Å². The number of anilines is 2. The number of hydrogen-bond acceptors (Lipinski definition) is 6. The van der Waals surface area contributed by atoms with Crippen LogP contribution >= 0.6 is 15.9 Å². The molecular weight excluding hydrogens is 430 g/mol. The number of rotatable bonds is 5. The van der Waals surface area contributed by atoms with Crippen LogP contribution in [0.4, 0.5) is 11.4 Å². The van der Waals surface area contributed by atoms with Crippen molar-refractivity contribution in [2.45, 2.75) is 0 Å². The summed E-state index contributed by atoms with van der Waals surface area (Å²) in [6, 6.07) is 8.49. The van der Waals surface area contributed by atoms with Gasteiger partial charge in [0.25, 0.3) is 11.8 Å². The summed E-state index contributed by atoms with van der Waals surface area (Å²) in [6.07, 6.45) is 0. The van der Waals surface area contributed by atoms with Crippen molar-refractivity contribution in [3.8, 4) is 5.75 Å². The number of ether oxygens (including phenoxy) is 2. The van der Waals surface area contributed by atoms with Crippen LogP contribution in [0.15, 0.2) is 39.4 Å². The van der Waals surface area contributed by atoms with Gasteiger partial charge in [-0.3, -0.25) is 14.5 Å².